The van der Waals surface area contributed by atoms with Gasteiger partial charge in [0.05, 0.1) is 6.61 Å². The van der Waals surface area contributed by atoms with Gasteiger partial charge in [-0.2, -0.15) is 0 Å². The van der Waals surface area contributed by atoms with Gasteiger partial charge in [-0.3, -0.25) is 4.90 Å². The van der Waals surface area contributed by atoms with Crippen LogP contribution in [0.15, 0.2) is 40.8 Å². The minimum Gasteiger partial charge on any atom is -0.508 e. The minimum absolute atomic E-state index is 0.0827. The first-order valence-electron chi connectivity index (χ1n) is 10.0. The number of phenolic OH excluding ortho intramolecular Hbond substituents is 1. The van der Waals surface area contributed by atoms with Gasteiger partial charge < -0.3 is 14.3 Å². The van der Waals surface area contributed by atoms with E-state index in [1.807, 2.05) is 0 Å². The number of piperidine rings is 1. The summed E-state index contributed by atoms with van der Waals surface area (Å²) in [6, 6.07) is 8.97. The average molecular weight is 397 g/mol. The molecule has 1 aromatic heterocycles. The molecule has 29 heavy (non-hydrogen) atoms. The number of carbonyl (C=O) groups is 1. The van der Waals surface area contributed by atoms with Crippen LogP contribution in [0.1, 0.15) is 42.1 Å². The summed E-state index contributed by atoms with van der Waals surface area (Å²) in [7, 11) is 0. The number of fused-ring (bicyclic) bond motifs is 1. The number of phenols is 1. The molecule has 0 radical (unpaired) electrons. The molecule has 3 aromatic rings. The van der Waals surface area contributed by atoms with Crippen molar-refractivity contribution in [1.29, 1.82) is 0 Å². The number of likely N-dealkylation sites (tertiary alicyclic amines) is 1. The molecule has 1 aliphatic rings. The van der Waals surface area contributed by atoms with E-state index >= 15 is 0 Å². The first-order chi connectivity index (χ1) is 14.1. The van der Waals surface area contributed by atoms with E-state index in [4.69, 9.17) is 9.15 Å². The van der Waals surface area contributed by atoms with Crippen LogP contribution in [0.5, 0.6) is 5.75 Å². The summed E-state index contributed by atoms with van der Waals surface area (Å²) in [5.74, 6) is -0.453. The van der Waals surface area contributed by atoms with Crippen LogP contribution in [0.3, 0.4) is 0 Å². The third-order valence-electron chi connectivity index (χ3n) is 5.29. The fourth-order valence-corrected chi connectivity index (χ4v) is 3.98. The Bertz CT molecular complexity index is 1020. The Hall–Kier alpha value is -2.86. The molecule has 2 aromatic carbocycles. The minimum atomic E-state index is -0.490. The molecule has 4 rings (SSSR count). The number of nitrogens with zero attached hydrogens (tertiary/aromatic N) is 1. The number of esters is 1. The Kier molecular flexibility index (Phi) is 5.53. The van der Waals surface area contributed by atoms with Gasteiger partial charge in [-0.15, -0.1) is 0 Å². The highest BCUT2D eigenvalue weighted by atomic mass is 19.1. The molecule has 0 unspecified atom stereocenters. The fourth-order valence-electron chi connectivity index (χ4n) is 3.98. The standard InChI is InChI=1S/C23H24FNO4/c1-2-28-23(27)21-20-16(14-25-10-4-3-5-11-25)12-18(26)13-19(20)29-22(21)15-6-8-17(24)9-7-15/h6-9,12-13,26H,2-5,10-11,14H2,1H3. The van der Waals surface area contributed by atoms with Gasteiger partial charge in [0.15, 0.2) is 0 Å². The number of carbonyl (C=O) groups excluding carboxylic acids is 1. The van der Waals surface area contributed by atoms with E-state index in [1.165, 1.54) is 24.6 Å². The zero-order chi connectivity index (χ0) is 20.4. The summed E-state index contributed by atoms with van der Waals surface area (Å²) in [5, 5.41) is 10.9. The van der Waals surface area contributed by atoms with E-state index in [9.17, 15) is 14.3 Å². The maximum absolute atomic E-state index is 13.4. The predicted molar refractivity (Wildman–Crippen MR) is 108 cm³/mol. The van der Waals surface area contributed by atoms with Crippen molar-refractivity contribution in [3.05, 3.63) is 53.3 Å². The summed E-state index contributed by atoms with van der Waals surface area (Å²) in [6.07, 6.45) is 3.50. The average Bonchev–Trinajstić information content (AvgIpc) is 3.09. The molecule has 1 saturated heterocycles. The number of hydrogen-bond donors (Lipinski definition) is 1. The van der Waals surface area contributed by atoms with Gasteiger partial charge in [-0.25, -0.2) is 9.18 Å². The van der Waals surface area contributed by atoms with Crippen molar-refractivity contribution in [3.8, 4) is 17.1 Å². The summed E-state index contributed by atoms with van der Waals surface area (Å²) in [5.41, 5.74) is 2.14. The molecule has 0 aliphatic carbocycles. The van der Waals surface area contributed by atoms with Crippen molar-refractivity contribution >= 4 is 16.9 Å². The highest BCUT2D eigenvalue weighted by molar-refractivity contribution is 6.10. The number of hydrogen-bond acceptors (Lipinski definition) is 5. The topological polar surface area (TPSA) is 62.9 Å². The largest absolute Gasteiger partial charge is 0.508 e. The van der Waals surface area contributed by atoms with Crippen LogP contribution in [-0.2, 0) is 11.3 Å². The zero-order valence-corrected chi connectivity index (χ0v) is 16.4. The van der Waals surface area contributed by atoms with Gasteiger partial charge in [-0.1, -0.05) is 6.42 Å². The number of aromatic hydroxyl groups is 1. The lowest BCUT2D eigenvalue weighted by Gasteiger charge is -2.26. The summed E-state index contributed by atoms with van der Waals surface area (Å²) in [6.45, 7) is 4.55. The molecule has 0 spiro atoms. The molecule has 0 atom stereocenters. The highest BCUT2D eigenvalue weighted by Crippen LogP contribution is 2.38. The van der Waals surface area contributed by atoms with Crippen molar-refractivity contribution in [2.24, 2.45) is 0 Å². The summed E-state index contributed by atoms with van der Waals surface area (Å²) < 4.78 is 24.7. The first-order valence-corrected chi connectivity index (χ1v) is 10.0. The molecule has 1 N–H and O–H groups in total. The van der Waals surface area contributed by atoms with Crippen molar-refractivity contribution in [1.82, 2.24) is 4.90 Å². The third kappa shape index (κ3) is 3.98. The second kappa shape index (κ2) is 8.25. The Morgan fingerprint density at radius 3 is 2.59 bits per heavy atom. The SMILES string of the molecule is CCOC(=O)c1c(-c2ccc(F)cc2)oc2cc(O)cc(CN3CCCCC3)c12. The van der Waals surface area contributed by atoms with Gasteiger partial charge in [0.2, 0.25) is 0 Å². The number of rotatable bonds is 5. The van der Waals surface area contributed by atoms with Crippen LogP contribution in [0.4, 0.5) is 4.39 Å². The molecule has 0 amide bonds. The number of furan rings is 1. The van der Waals surface area contributed by atoms with Gasteiger partial charge in [0, 0.05) is 23.6 Å². The molecular formula is C23H24FNO4. The Balaban J connectivity index is 1.89. The van der Waals surface area contributed by atoms with Crippen LogP contribution in [-0.4, -0.2) is 35.7 Å². The van der Waals surface area contributed by atoms with Crippen molar-refractivity contribution in [3.63, 3.8) is 0 Å². The summed E-state index contributed by atoms with van der Waals surface area (Å²) >= 11 is 0. The van der Waals surface area contributed by atoms with Crippen LogP contribution in [0, 0.1) is 5.82 Å². The second-order valence-corrected chi connectivity index (χ2v) is 7.35. The van der Waals surface area contributed by atoms with E-state index in [-0.39, 0.29) is 18.2 Å². The Morgan fingerprint density at radius 1 is 1.17 bits per heavy atom. The predicted octanol–water partition coefficient (Wildman–Crippen LogP) is 5.11. The van der Waals surface area contributed by atoms with Gasteiger partial charge >= 0.3 is 5.97 Å². The van der Waals surface area contributed by atoms with Crippen molar-refractivity contribution < 1.29 is 23.4 Å². The molecule has 152 valence electrons. The van der Waals surface area contributed by atoms with Gasteiger partial charge in [0.25, 0.3) is 0 Å². The van der Waals surface area contributed by atoms with Crippen molar-refractivity contribution in [2.45, 2.75) is 32.7 Å². The Morgan fingerprint density at radius 2 is 1.90 bits per heavy atom. The molecule has 0 bridgehead atoms. The smallest absolute Gasteiger partial charge is 0.342 e. The number of halogens is 1. The normalized spacial score (nSPS) is 15.0. The Labute approximate surface area is 168 Å². The monoisotopic (exact) mass is 397 g/mol. The first kappa shape index (κ1) is 19.5. The number of ether oxygens (including phenoxy) is 1. The maximum atomic E-state index is 13.4. The van der Waals surface area contributed by atoms with E-state index in [1.54, 1.807) is 25.1 Å². The van der Waals surface area contributed by atoms with Crippen LogP contribution in [0.25, 0.3) is 22.3 Å². The maximum Gasteiger partial charge on any atom is 0.342 e. The van der Waals surface area contributed by atoms with E-state index in [2.05, 4.69) is 4.90 Å². The molecule has 0 saturated carbocycles. The molecule has 1 fully saturated rings. The van der Waals surface area contributed by atoms with Gasteiger partial charge in [-0.05, 0) is 68.8 Å². The summed E-state index contributed by atoms with van der Waals surface area (Å²) in [4.78, 5) is 15.2. The fraction of sp³-hybridized carbons (Fsp3) is 0.348. The van der Waals surface area contributed by atoms with Gasteiger partial charge in [0.1, 0.15) is 28.5 Å². The highest BCUT2D eigenvalue weighted by Gasteiger charge is 2.27. The number of benzene rings is 2. The van der Waals surface area contributed by atoms with E-state index in [0.29, 0.717) is 34.4 Å². The molecule has 6 heteroatoms. The van der Waals surface area contributed by atoms with Crippen LogP contribution in [0.2, 0.25) is 0 Å². The molecule has 2 heterocycles. The van der Waals surface area contributed by atoms with Crippen LogP contribution >= 0.6 is 0 Å². The molecule has 1 aliphatic heterocycles. The lowest BCUT2D eigenvalue weighted by Crippen LogP contribution is -2.29. The zero-order valence-electron chi connectivity index (χ0n) is 16.4. The quantitative estimate of drug-likeness (QED) is 0.607. The van der Waals surface area contributed by atoms with E-state index in [0.717, 1.165) is 31.5 Å². The lowest BCUT2D eigenvalue weighted by atomic mass is 10.00. The lowest BCUT2D eigenvalue weighted by molar-refractivity contribution is 0.0528. The van der Waals surface area contributed by atoms with E-state index < -0.39 is 5.97 Å². The second-order valence-electron chi connectivity index (χ2n) is 7.35. The molecule has 5 nitrogen and oxygen atoms in total. The van der Waals surface area contributed by atoms with Crippen LogP contribution < -0.4 is 0 Å². The molecular weight excluding hydrogens is 373 g/mol. The third-order valence-corrected chi connectivity index (χ3v) is 5.29. The van der Waals surface area contributed by atoms with Crippen molar-refractivity contribution in [2.75, 3.05) is 19.7 Å².